The van der Waals surface area contributed by atoms with E-state index >= 15 is 0 Å². The Hall–Kier alpha value is -2.71. The van der Waals surface area contributed by atoms with E-state index in [1.165, 1.54) is 11.3 Å². The van der Waals surface area contributed by atoms with E-state index < -0.39 is 0 Å². The first-order valence-electron chi connectivity index (χ1n) is 8.63. The summed E-state index contributed by atoms with van der Waals surface area (Å²) < 4.78 is 1.00. The van der Waals surface area contributed by atoms with E-state index in [4.69, 9.17) is 0 Å². The van der Waals surface area contributed by atoms with Crippen molar-refractivity contribution in [2.24, 2.45) is 0 Å². The molecule has 0 aliphatic heterocycles. The molecule has 0 aliphatic rings. The fraction of sp³-hybridized carbons (Fsp3) is 0.150. The van der Waals surface area contributed by atoms with E-state index in [-0.39, 0.29) is 11.9 Å². The molecule has 0 radical (unpaired) electrons. The van der Waals surface area contributed by atoms with Crippen LogP contribution in [0.2, 0.25) is 0 Å². The van der Waals surface area contributed by atoms with Crippen LogP contribution < -0.4 is 16.0 Å². The average Bonchev–Trinajstić information content (AvgIpc) is 3.11. The monoisotopic (exact) mass is 458 g/mol. The van der Waals surface area contributed by atoms with E-state index in [9.17, 15) is 9.59 Å². The van der Waals surface area contributed by atoms with Crippen LogP contribution in [0.5, 0.6) is 0 Å². The van der Waals surface area contributed by atoms with E-state index in [0.717, 1.165) is 21.4 Å². The molecule has 8 heteroatoms. The average molecular weight is 459 g/mol. The van der Waals surface area contributed by atoms with Crippen LogP contribution in [0.15, 0.2) is 58.4 Å². The van der Waals surface area contributed by atoms with E-state index in [1.807, 2.05) is 48.7 Å². The summed E-state index contributed by atoms with van der Waals surface area (Å²) in [7, 11) is 0. The number of hydrogen-bond acceptors (Lipinski definition) is 4. The van der Waals surface area contributed by atoms with Crippen LogP contribution in [0.4, 0.5) is 21.3 Å². The second-order valence-corrected chi connectivity index (χ2v) is 7.81. The first-order chi connectivity index (χ1) is 13.5. The fourth-order valence-corrected chi connectivity index (χ4v) is 3.43. The third-order valence-electron chi connectivity index (χ3n) is 3.85. The second kappa shape index (κ2) is 9.48. The molecular formula is C20H19BrN4O2S. The minimum atomic E-state index is -0.351. The first-order valence-corrected chi connectivity index (χ1v) is 10.3. The minimum absolute atomic E-state index is 0.0777. The van der Waals surface area contributed by atoms with Gasteiger partial charge in [0, 0.05) is 27.6 Å². The number of hydrogen-bond donors (Lipinski definition) is 3. The van der Waals surface area contributed by atoms with Gasteiger partial charge in [0.25, 0.3) is 0 Å². The second-order valence-electron chi connectivity index (χ2n) is 6.10. The van der Waals surface area contributed by atoms with Gasteiger partial charge < -0.3 is 10.6 Å². The number of benzene rings is 2. The molecular weight excluding hydrogens is 440 g/mol. The van der Waals surface area contributed by atoms with Gasteiger partial charge >= 0.3 is 6.03 Å². The molecule has 1 aromatic heterocycles. The van der Waals surface area contributed by atoms with E-state index in [0.29, 0.717) is 23.7 Å². The number of thiazole rings is 1. The summed E-state index contributed by atoms with van der Waals surface area (Å²) in [6.07, 6.45) is 0.814. The summed E-state index contributed by atoms with van der Waals surface area (Å²) in [4.78, 5) is 28.5. The van der Waals surface area contributed by atoms with Gasteiger partial charge in [-0.05, 0) is 49.2 Å². The molecule has 0 atom stereocenters. The molecule has 3 N–H and O–H groups in total. The predicted octanol–water partition coefficient (Wildman–Crippen LogP) is 5.43. The standard InChI is InChI=1S/C20H19BrN4O2S/c1-13-11-15(7-9-17(13)21)22-18(26)10-8-16-12-28-20(24-16)25-19(27)23-14-5-3-2-4-6-14/h2-7,9,11-12H,8,10H2,1H3,(H,22,26)(H2,23,24,25,27). The summed E-state index contributed by atoms with van der Waals surface area (Å²) in [5.74, 6) is -0.0777. The van der Waals surface area contributed by atoms with Crippen molar-refractivity contribution in [3.63, 3.8) is 0 Å². The van der Waals surface area contributed by atoms with Crippen LogP contribution in [0.3, 0.4) is 0 Å². The Kier molecular flexibility index (Phi) is 6.78. The van der Waals surface area contributed by atoms with Crippen LogP contribution in [0.1, 0.15) is 17.7 Å². The van der Waals surface area contributed by atoms with Crippen LogP contribution in [0, 0.1) is 6.92 Å². The van der Waals surface area contributed by atoms with E-state index in [2.05, 4.69) is 36.9 Å². The predicted molar refractivity (Wildman–Crippen MR) is 117 cm³/mol. The lowest BCUT2D eigenvalue weighted by Gasteiger charge is -2.06. The number of amides is 3. The highest BCUT2D eigenvalue weighted by Gasteiger charge is 2.09. The Labute approximate surface area is 175 Å². The zero-order valence-electron chi connectivity index (χ0n) is 15.2. The van der Waals surface area contributed by atoms with Crippen molar-refractivity contribution in [2.75, 3.05) is 16.0 Å². The molecule has 0 saturated heterocycles. The van der Waals surface area contributed by atoms with Crippen molar-refractivity contribution in [1.29, 1.82) is 0 Å². The summed E-state index contributed by atoms with van der Waals surface area (Å²) in [5, 5.41) is 10.7. The molecule has 3 rings (SSSR count). The Morgan fingerprint density at radius 2 is 1.82 bits per heavy atom. The Balaban J connectivity index is 1.46. The number of nitrogens with zero attached hydrogens (tertiary/aromatic N) is 1. The lowest BCUT2D eigenvalue weighted by Crippen LogP contribution is -2.19. The fourth-order valence-electron chi connectivity index (χ4n) is 2.45. The third-order valence-corrected chi connectivity index (χ3v) is 5.55. The van der Waals surface area contributed by atoms with Gasteiger partial charge in [0.1, 0.15) is 0 Å². The number of nitrogens with one attached hydrogen (secondary N) is 3. The number of carbonyl (C=O) groups excluding carboxylic acids is 2. The van der Waals surface area contributed by atoms with Gasteiger partial charge in [-0.3, -0.25) is 10.1 Å². The molecule has 28 heavy (non-hydrogen) atoms. The van der Waals surface area contributed by atoms with Gasteiger partial charge in [-0.25, -0.2) is 9.78 Å². The van der Waals surface area contributed by atoms with E-state index in [1.54, 1.807) is 12.1 Å². The molecule has 0 unspecified atom stereocenters. The number of aryl methyl sites for hydroxylation is 2. The number of urea groups is 1. The highest BCUT2D eigenvalue weighted by molar-refractivity contribution is 9.10. The van der Waals surface area contributed by atoms with Crippen LogP contribution in [0.25, 0.3) is 0 Å². The lowest BCUT2D eigenvalue weighted by atomic mass is 10.2. The number of aromatic nitrogens is 1. The lowest BCUT2D eigenvalue weighted by molar-refractivity contribution is -0.116. The molecule has 3 amide bonds. The number of halogens is 1. The van der Waals surface area contributed by atoms with Crippen LogP contribution >= 0.6 is 27.3 Å². The molecule has 0 bridgehead atoms. The molecule has 2 aromatic carbocycles. The molecule has 144 valence electrons. The molecule has 0 spiro atoms. The Morgan fingerprint density at radius 3 is 2.57 bits per heavy atom. The maximum atomic E-state index is 12.1. The highest BCUT2D eigenvalue weighted by atomic mass is 79.9. The zero-order valence-corrected chi connectivity index (χ0v) is 17.6. The number of para-hydroxylation sites is 1. The smallest absolute Gasteiger partial charge is 0.325 e. The van der Waals surface area contributed by atoms with Crippen molar-refractivity contribution in [3.8, 4) is 0 Å². The van der Waals surface area contributed by atoms with Gasteiger partial charge in [0.05, 0.1) is 5.69 Å². The van der Waals surface area contributed by atoms with Gasteiger partial charge in [0.2, 0.25) is 5.91 Å². The maximum absolute atomic E-state index is 12.1. The van der Waals surface area contributed by atoms with Crippen LogP contribution in [-0.4, -0.2) is 16.9 Å². The Bertz CT molecular complexity index is 975. The summed E-state index contributed by atoms with van der Waals surface area (Å²) in [6.45, 7) is 1.97. The molecule has 3 aromatic rings. The topological polar surface area (TPSA) is 83.1 Å². The maximum Gasteiger partial charge on any atom is 0.325 e. The number of anilines is 3. The van der Waals surface area contributed by atoms with Gasteiger partial charge in [-0.1, -0.05) is 34.1 Å². The number of rotatable bonds is 6. The third kappa shape index (κ3) is 5.90. The van der Waals surface area contributed by atoms with Crippen LogP contribution in [-0.2, 0) is 11.2 Å². The minimum Gasteiger partial charge on any atom is -0.326 e. The van der Waals surface area contributed by atoms with Crippen molar-refractivity contribution in [3.05, 3.63) is 69.6 Å². The van der Waals surface area contributed by atoms with Gasteiger partial charge in [-0.15, -0.1) is 11.3 Å². The largest absolute Gasteiger partial charge is 0.326 e. The molecule has 1 heterocycles. The van der Waals surface area contributed by atoms with Gasteiger partial charge in [-0.2, -0.15) is 0 Å². The Morgan fingerprint density at radius 1 is 1.04 bits per heavy atom. The zero-order chi connectivity index (χ0) is 19.9. The number of carbonyl (C=O) groups is 2. The summed E-state index contributed by atoms with van der Waals surface area (Å²) in [5.41, 5.74) is 3.30. The SMILES string of the molecule is Cc1cc(NC(=O)CCc2csc(NC(=O)Nc3ccccc3)n2)ccc1Br. The quantitative estimate of drug-likeness (QED) is 0.460. The normalized spacial score (nSPS) is 10.4. The van der Waals surface area contributed by atoms with Crippen molar-refractivity contribution >= 4 is 55.7 Å². The van der Waals surface area contributed by atoms with Crippen molar-refractivity contribution < 1.29 is 9.59 Å². The van der Waals surface area contributed by atoms with Crippen molar-refractivity contribution in [1.82, 2.24) is 4.98 Å². The molecule has 6 nitrogen and oxygen atoms in total. The first kappa shape index (κ1) is 20.0. The molecule has 0 aliphatic carbocycles. The molecule has 0 fully saturated rings. The highest BCUT2D eigenvalue weighted by Crippen LogP contribution is 2.21. The van der Waals surface area contributed by atoms with Crippen molar-refractivity contribution in [2.45, 2.75) is 19.8 Å². The molecule has 0 saturated carbocycles. The summed E-state index contributed by atoms with van der Waals surface area (Å²) >= 11 is 4.77. The van der Waals surface area contributed by atoms with Gasteiger partial charge in [0.15, 0.2) is 5.13 Å². The summed E-state index contributed by atoms with van der Waals surface area (Å²) in [6, 6.07) is 14.5.